The van der Waals surface area contributed by atoms with Gasteiger partial charge in [-0.2, -0.15) is 0 Å². The number of rotatable bonds is 46. The largest absolute Gasteiger partial charge is 0.479 e. The molecule has 0 radical (unpaired) electrons. The molecule has 6 atom stereocenters. The van der Waals surface area contributed by atoms with Gasteiger partial charge in [-0.15, -0.1) is 0 Å². The Morgan fingerprint density at radius 2 is 0.913 bits per heavy atom. The van der Waals surface area contributed by atoms with Crippen molar-refractivity contribution >= 4 is 23.9 Å². The molecule has 0 aromatic heterocycles. The van der Waals surface area contributed by atoms with Gasteiger partial charge in [-0.05, 0) is 77.0 Å². The summed E-state index contributed by atoms with van der Waals surface area (Å²) in [4.78, 5) is 50.9. The van der Waals surface area contributed by atoms with E-state index in [0.29, 0.717) is 19.3 Å². The first-order chi connectivity index (χ1) is 33.6. The van der Waals surface area contributed by atoms with Crippen LogP contribution >= 0.6 is 0 Å². The summed E-state index contributed by atoms with van der Waals surface area (Å²) in [5.41, 5.74) is 0. The number of unbranched alkanes of at least 4 members (excludes halogenated alkanes) is 24. The van der Waals surface area contributed by atoms with E-state index >= 15 is 0 Å². The first kappa shape index (κ1) is 63.7. The molecule has 1 aliphatic heterocycles. The van der Waals surface area contributed by atoms with Gasteiger partial charge in [-0.1, -0.05) is 191 Å². The number of hydrogen-bond acceptors (Lipinski definition) is 11. The predicted molar refractivity (Wildman–Crippen MR) is 276 cm³/mol. The van der Waals surface area contributed by atoms with Crippen LogP contribution in [0.1, 0.15) is 239 Å². The number of carbonyl (C=O) groups excluding carboxylic acids is 3. The number of aliphatic hydroxyl groups is 2. The molecule has 0 spiro atoms. The highest BCUT2D eigenvalue weighted by atomic mass is 16.7. The maximum atomic E-state index is 13.1. The molecule has 0 amide bonds. The van der Waals surface area contributed by atoms with Crippen LogP contribution in [0.25, 0.3) is 0 Å². The summed E-state index contributed by atoms with van der Waals surface area (Å²) in [6, 6.07) is 0. The van der Waals surface area contributed by atoms with E-state index in [1.54, 1.807) is 0 Å². The molecule has 1 heterocycles. The highest BCUT2D eigenvalue weighted by Gasteiger charge is 2.50. The fourth-order valence-electron chi connectivity index (χ4n) is 8.14. The van der Waals surface area contributed by atoms with Crippen LogP contribution in [0.15, 0.2) is 48.6 Å². The third kappa shape index (κ3) is 36.3. The lowest BCUT2D eigenvalue weighted by Gasteiger charge is -2.40. The zero-order chi connectivity index (χ0) is 50.4. The van der Waals surface area contributed by atoms with Crippen molar-refractivity contribution in [3.8, 4) is 0 Å². The number of esters is 3. The van der Waals surface area contributed by atoms with Crippen LogP contribution in [0.3, 0.4) is 0 Å². The quantitative estimate of drug-likeness (QED) is 0.0228. The van der Waals surface area contributed by atoms with Gasteiger partial charge in [-0.3, -0.25) is 14.4 Å². The van der Waals surface area contributed by atoms with Crippen molar-refractivity contribution in [1.29, 1.82) is 0 Å². The van der Waals surface area contributed by atoms with Gasteiger partial charge in [0.15, 0.2) is 24.6 Å². The van der Waals surface area contributed by atoms with Gasteiger partial charge in [-0.25, -0.2) is 4.79 Å². The molecule has 6 unspecified atom stereocenters. The zero-order valence-electron chi connectivity index (χ0n) is 43.6. The zero-order valence-corrected chi connectivity index (χ0v) is 43.6. The van der Waals surface area contributed by atoms with E-state index in [-0.39, 0.29) is 25.9 Å². The molecular weight excluding hydrogens is 877 g/mol. The van der Waals surface area contributed by atoms with E-state index in [1.807, 2.05) is 0 Å². The average molecular weight is 975 g/mol. The van der Waals surface area contributed by atoms with E-state index < -0.39 is 67.3 Å². The third-order valence-corrected chi connectivity index (χ3v) is 12.4. The van der Waals surface area contributed by atoms with E-state index in [9.17, 15) is 34.5 Å². The molecule has 1 saturated heterocycles. The number of hydrogen-bond donors (Lipinski definition) is 3. The van der Waals surface area contributed by atoms with Crippen molar-refractivity contribution in [2.45, 2.75) is 276 Å². The maximum absolute atomic E-state index is 13.1. The van der Waals surface area contributed by atoms with Crippen molar-refractivity contribution in [2.75, 3.05) is 13.2 Å². The molecular formula is C57H98O12. The van der Waals surface area contributed by atoms with Crippen molar-refractivity contribution in [3.63, 3.8) is 0 Å². The Balaban J connectivity index is 2.73. The molecule has 0 aromatic rings. The first-order valence-corrected chi connectivity index (χ1v) is 27.6. The van der Waals surface area contributed by atoms with Crippen LogP contribution in [0.2, 0.25) is 0 Å². The summed E-state index contributed by atoms with van der Waals surface area (Å²) in [5.74, 6) is -3.16. The summed E-state index contributed by atoms with van der Waals surface area (Å²) >= 11 is 0. The summed E-state index contributed by atoms with van der Waals surface area (Å²) < 4.78 is 28.3. The Hall–Kier alpha value is -3.32. The lowest BCUT2D eigenvalue weighted by Crippen LogP contribution is -2.61. The minimum Gasteiger partial charge on any atom is -0.479 e. The topological polar surface area (TPSA) is 175 Å². The van der Waals surface area contributed by atoms with Crippen LogP contribution in [0, 0.1) is 0 Å². The number of carboxylic acids is 1. The van der Waals surface area contributed by atoms with Crippen molar-refractivity contribution in [2.24, 2.45) is 0 Å². The van der Waals surface area contributed by atoms with E-state index in [0.717, 1.165) is 103 Å². The second-order valence-corrected chi connectivity index (χ2v) is 18.8. The molecule has 0 aromatic carbocycles. The minimum absolute atomic E-state index is 0.0587. The van der Waals surface area contributed by atoms with Crippen molar-refractivity contribution < 1.29 is 58.2 Å². The molecule has 0 saturated carbocycles. The summed E-state index contributed by atoms with van der Waals surface area (Å²) in [5, 5.41) is 31.3. The van der Waals surface area contributed by atoms with Gasteiger partial charge in [0.05, 0.1) is 6.61 Å². The number of allylic oxidation sites excluding steroid dienone is 8. The van der Waals surface area contributed by atoms with Crippen molar-refractivity contribution in [3.05, 3.63) is 48.6 Å². The molecule has 69 heavy (non-hydrogen) atoms. The number of aliphatic carboxylic acids is 1. The second-order valence-electron chi connectivity index (χ2n) is 18.8. The van der Waals surface area contributed by atoms with Crippen LogP contribution in [0.5, 0.6) is 0 Å². The standard InChI is InChI=1S/C57H98O12/c1-4-7-10-13-16-19-22-24-25-27-29-31-34-37-40-43-49(58)65-46-48(67-50(59)44-41-38-35-33-30-26-23-20-17-14-11-8-5-2)47-66-57-55(53(62)52(61)54(69-57)56(63)64)68-51(60)45-42-39-36-32-28-21-18-15-12-9-6-3/h8,11,17,20,24-26,30,48,52-55,57,61-62H,4-7,9-10,12-16,18-19,21-23,27-29,31-47H2,1-3H3,(H,63,64)/b11-8-,20-17-,25-24-,30-26-. The Labute approximate surface area is 418 Å². The first-order valence-electron chi connectivity index (χ1n) is 27.6. The summed E-state index contributed by atoms with van der Waals surface area (Å²) in [6.07, 6.45) is 41.0. The molecule has 398 valence electrons. The van der Waals surface area contributed by atoms with Gasteiger partial charge in [0.25, 0.3) is 0 Å². The normalized spacial score (nSPS) is 19.0. The average Bonchev–Trinajstić information content (AvgIpc) is 3.33. The predicted octanol–water partition coefficient (Wildman–Crippen LogP) is 13.4. The molecule has 1 rings (SSSR count). The monoisotopic (exact) mass is 975 g/mol. The van der Waals surface area contributed by atoms with Gasteiger partial charge in [0.1, 0.15) is 18.8 Å². The Morgan fingerprint density at radius 3 is 1.42 bits per heavy atom. The third-order valence-electron chi connectivity index (χ3n) is 12.4. The SMILES string of the molecule is CC/C=C\C/C=C\C/C=C\CCCCCC(=O)OC(COC(=O)CCCCCCC/C=C\CCCCCCCC)COC1OC(C(=O)O)C(O)C(O)C1OC(=O)CCCCCCCCCCCCC. The number of carboxylic acid groups (broad SMARTS) is 1. The van der Waals surface area contributed by atoms with Gasteiger partial charge in [0, 0.05) is 19.3 Å². The van der Waals surface area contributed by atoms with Crippen LogP contribution in [-0.4, -0.2) is 89.2 Å². The maximum Gasteiger partial charge on any atom is 0.335 e. The van der Waals surface area contributed by atoms with E-state index in [4.69, 9.17) is 23.7 Å². The molecule has 12 nitrogen and oxygen atoms in total. The van der Waals surface area contributed by atoms with Gasteiger partial charge >= 0.3 is 23.9 Å². The molecule has 1 fully saturated rings. The van der Waals surface area contributed by atoms with Gasteiger partial charge in [0.2, 0.25) is 0 Å². The smallest absolute Gasteiger partial charge is 0.335 e. The second kappa shape index (κ2) is 45.8. The lowest BCUT2D eigenvalue weighted by atomic mass is 9.98. The van der Waals surface area contributed by atoms with Gasteiger partial charge < -0.3 is 39.0 Å². The summed E-state index contributed by atoms with van der Waals surface area (Å²) in [6.45, 7) is 5.82. The number of ether oxygens (including phenoxy) is 5. The number of aliphatic hydroxyl groups excluding tert-OH is 2. The van der Waals surface area contributed by atoms with Crippen LogP contribution < -0.4 is 0 Å². The molecule has 1 aliphatic rings. The van der Waals surface area contributed by atoms with Crippen LogP contribution in [0.4, 0.5) is 0 Å². The highest BCUT2D eigenvalue weighted by Crippen LogP contribution is 2.26. The minimum atomic E-state index is -1.90. The molecule has 12 heteroatoms. The fourth-order valence-corrected chi connectivity index (χ4v) is 8.14. The van der Waals surface area contributed by atoms with E-state index in [2.05, 4.69) is 69.4 Å². The Kier molecular flexibility index (Phi) is 42.3. The van der Waals surface area contributed by atoms with E-state index in [1.165, 1.54) is 77.0 Å². The summed E-state index contributed by atoms with van der Waals surface area (Å²) in [7, 11) is 0. The molecule has 0 aliphatic carbocycles. The molecule has 0 bridgehead atoms. The fraction of sp³-hybridized carbons (Fsp3) is 0.789. The lowest BCUT2D eigenvalue weighted by molar-refractivity contribution is -0.301. The van der Waals surface area contributed by atoms with Crippen LogP contribution in [-0.2, 0) is 42.9 Å². The molecule has 3 N–H and O–H groups in total. The number of carbonyl (C=O) groups is 4. The highest BCUT2D eigenvalue weighted by molar-refractivity contribution is 5.74. The Bertz CT molecular complexity index is 1390. The van der Waals surface area contributed by atoms with Crippen molar-refractivity contribution in [1.82, 2.24) is 0 Å². The Morgan fingerprint density at radius 1 is 0.493 bits per heavy atom.